The summed E-state index contributed by atoms with van der Waals surface area (Å²) in [4.78, 5) is 0. The van der Waals surface area contributed by atoms with Crippen LogP contribution in [-0.2, 0) is 6.54 Å². The molecule has 0 aromatic heterocycles. The van der Waals surface area contributed by atoms with Gasteiger partial charge in [-0.3, -0.25) is 0 Å². The first kappa shape index (κ1) is 11.4. The van der Waals surface area contributed by atoms with Crippen molar-refractivity contribution >= 4 is 0 Å². The van der Waals surface area contributed by atoms with Crippen molar-refractivity contribution in [3.05, 3.63) is 29.6 Å². The van der Waals surface area contributed by atoms with E-state index in [0.29, 0.717) is 11.8 Å². The summed E-state index contributed by atoms with van der Waals surface area (Å²) in [6, 6.07) is 5.45. The lowest BCUT2D eigenvalue weighted by molar-refractivity contribution is 0.410. The number of hydrogen-bond donors (Lipinski definition) is 1. The fourth-order valence-electron chi connectivity index (χ4n) is 2.23. The summed E-state index contributed by atoms with van der Waals surface area (Å²) in [5.41, 5.74) is 0.948. The summed E-state index contributed by atoms with van der Waals surface area (Å²) < 4.78 is 18.2. The number of nitrogens with one attached hydrogen (secondary N) is 1. The molecule has 0 saturated heterocycles. The van der Waals surface area contributed by atoms with E-state index in [9.17, 15) is 4.39 Å². The van der Waals surface area contributed by atoms with E-state index in [2.05, 4.69) is 5.32 Å². The number of ether oxygens (including phenoxy) is 1. The first-order valence-corrected chi connectivity index (χ1v) is 5.85. The Morgan fingerprint density at radius 2 is 2.06 bits per heavy atom. The molecule has 0 unspecified atom stereocenters. The fourth-order valence-corrected chi connectivity index (χ4v) is 2.23. The van der Waals surface area contributed by atoms with E-state index in [-0.39, 0.29) is 5.82 Å². The maximum Gasteiger partial charge on any atom is 0.127 e. The zero-order valence-corrected chi connectivity index (χ0v) is 9.63. The minimum atomic E-state index is -0.234. The number of halogens is 1. The van der Waals surface area contributed by atoms with Crippen LogP contribution < -0.4 is 10.1 Å². The third-order valence-electron chi connectivity index (χ3n) is 3.12. The normalized spacial score (nSPS) is 16.6. The van der Waals surface area contributed by atoms with Gasteiger partial charge in [0.2, 0.25) is 0 Å². The highest BCUT2D eigenvalue weighted by Gasteiger charge is 2.14. The average molecular weight is 223 g/mol. The molecule has 2 nitrogen and oxygen atoms in total. The largest absolute Gasteiger partial charge is 0.497 e. The summed E-state index contributed by atoms with van der Waals surface area (Å²) in [5.74, 6) is 0.353. The molecule has 16 heavy (non-hydrogen) atoms. The summed E-state index contributed by atoms with van der Waals surface area (Å²) in [6.45, 7) is 0.721. The van der Waals surface area contributed by atoms with Crippen LogP contribution in [0.25, 0.3) is 0 Å². The Bertz CT molecular complexity index is 348. The van der Waals surface area contributed by atoms with Crippen molar-refractivity contribution in [3.63, 3.8) is 0 Å². The van der Waals surface area contributed by atoms with Crippen LogP contribution in [0, 0.1) is 5.82 Å². The van der Waals surface area contributed by atoms with Gasteiger partial charge in [-0.2, -0.15) is 0 Å². The quantitative estimate of drug-likeness (QED) is 0.847. The van der Waals surface area contributed by atoms with Crippen molar-refractivity contribution < 1.29 is 9.13 Å². The second kappa shape index (κ2) is 5.30. The van der Waals surface area contributed by atoms with Crippen LogP contribution in [0.1, 0.15) is 31.2 Å². The molecular formula is C13H18FNO. The Labute approximate surface area is 95.8 Å². The number of rotatable bonds is 4. The van der Waals surface area contributed by atoms with Gasteiger partial charge in [-0.15, -0.1) is 0 Å². The van der Waals surface area contributed by atoms with Gasteiger partial charge in [-0.05, 0) is 30.5 Å². The summed E-state index contributed by atoms with van der Waals surface area (Å²) in [6.07, 6.45) is 5.10. The molecule has 1 fully saturated rings. The molecule has 1 aromatic carbocycles. The Morgan fingerprint density at radius 1 is 1.31 bits per heavy atom. The second-order valence-corrected chi connectivity index (χ2v) is 4.36. The van der Waals surface area contributed by atoms with E-state index in [4.69, 9.17) is 4.74 Å². The summed E-state index contributed by atoms with van der Waals surface area (Å²) in [5, 5.41) is 3.45. The third kappa shape index (κ3) is 2.95. The fraction of sp³-hybridized carbons (Fsp3) is 0.538. The van der Waals surface area contributed by atoms with Crippen LogP contribution in [0.15, 0.2) is 18.2 Å². The topological polar surface area (TPSA) is 21.3 Å². The molecule has 2 rings (SSSR count). The van der Waals surface area contributed by atoms with Gasteiger partial charge in [-0.25, -0.2) is 4.39 Å². The predicted octanol–water partition coefficient (Wildman–Crippen LogP) is 2.87. The minimum Gasteiger partial charge on any atom is -0.497 e. The molecule has 0 radical (unpaired) electrons. The predicted molar refractivity (Wildman–Crippen MR) is 62.0 cm³/mol. The van der Waals surface area contributed by atoms with Gasteiger partial charge in [0, 0.05) is 18.7 Å². The van der Waals surface area contributed by atoms with E-state index >= 15 is 0 Å². The first-order chi connectivity index (χ1) is 7.78. The van der Waals surface area contributed by atoms with E-state index in [1.165, 1.54) is 31.7 Å². The molecule has 1 aromatic rings. The lowest BCUT2D eigenvalue weighted by Crippen LogP contribution is -2.25. The molecule has 0 aliphatic heterocycles. The van der Waals surface area contributed by atoms with E-state index < -0.39 is 0 Å². The minimum absolute atomic E-state index is 0.234. The number of benzene rings is 1. The van der Waals surface area contributed by atoms with Gasteiger partial charge in [0.25, 0.3) is 0 Å². The van der Waals surface area contributed by atoms with Crippen molar-refractivity contribution in [2.75, 3.05) is 7.11 Å². The Balaban J connectivity index is 1.94. The summed E-state index contributed by atoms with van der Waals surface area (Å²) >= 11 is 0. The molecule has 0 heterocycles. The highest BCUT2D eigenvalue weighted by molar-refractivity contribution is 5.29. The van der Waals surface area contributed by atoms with Gasteiger partial charge in [0.05, 0.1) is 7.11 Å². The van der Waals surface area contributed by atoms with Crippen LogP contribution in [0.3, 0.4) is 0 Å². The van der Waals surface area contributed by atoms with Gasteiger partial charge in [0.15, 0.2) is 0 Å². The molecule has 0 atom stereocenters. The number of methoxy groups -OCH3 is 1. The Hall–Kier alpha value is -1.09. The van der Waals surface area contributed by atoms with Crippen molar-refractivity contribution in [1.29, 1.82) is 0 Å². The number of hydrogen-bond acceptors (Lipinski definition) is 2. The standard InChI is InChI=1S/C13H18FNO/c1-16-13-7-10(6-11(14)8-13)9-15-12-4-2-3-5-12/h6-8,12,15H,2-5,9H2,1H3. The molecule has 3 heteroatoms. The van der Waals surface area contributed by atoms with Crippen molar-refractivity contribution in [2.45, 2.75) is 38.3 Å². The Kier molecular flexibility index (Phi) is 3.78. The van der Waals surface area contributed by atoms with E-state index in [0.717, 1.165) is 12.1 Å². The summed E-state index contributed by atoms with van der Waals surface area (Å²) in [7, 11) is 1.56. The van der Waals surface area contributed by atoms with Crippen molar-refractivity contribution in [3.8, 4) is 5.75 Å². The average Bonchev–Trinajstić information content (AvgIpc) is 2.78. The molecule has 1 saturated carbocycles. The lowest BCUT2D eigenvalue weighted by atomic mass is 10.2. The van der Waals surface area contributed by atoms with Gasteiger partial charge < -0.3 is 10.1 Å². The Morgan fingerprint density at radius 3 is 2.75 bits per heavy atom. The maximum atomic E-state index is 13.2. The van der Waals surface area contributed by atoms with Crippen LogP contribution in [0.5, 0.6) is 5.75 Å². The zero-order chi connectivity index (χ0) is 11.4. The maximum absolute atomic E-state index is 13.2. The van der Waals surface area contributed by atoms with Crippen molar-refractivity contribution in [2.24, 2.45) is 0 Å². The molecule has 1 N–H and O–H groups in total. The molecular weight excluding hydrogens is 205 g/mol. The highest BCUT2D eigenvalue weighted by Crippen LogP contribution is 2.19. The van der Waals surface area contributed by atoms with Gasteiger partial charge in [-0.1, -0.05) is 12.8 Å². The molecule has 0 bridgehead atoms. The van der Waals surface area contributed by atoms with Crippen molar-refractivity contribution in [1.82, 2.24) is 5.32 Å². The molecule has 0 spiro atoms. The highest BCUT2D eigenvalue weighted by atomic mass is 19.1. The van der Waals surface area contributed by atoms with E-state index in [1.807, 2.05) is 6.07 Å². The van der Waals surface area contributed by atoms with Crippen LogP contribution in [-0.4, -0.2) is 13.2 Å². The smallest absolute Gasteiger partial charge is 0.127 e. The SMILES string of the molecule is COc1cc(F)cc(CNC2CCCC2)c1. The van der Waals surface area contributed by atoms with Crippen LogP contribution in [0.4, 0.5) is 4.39 Å². The first-order valence-electron chi connectivity index (χ1n) is 5.85. The van der Waals surface area contributed by atoms with E-state index in [1.54, 1.807) is 13.2 Å². The second-order valence-electron chi connectivity index (χ2n) is 4.36. The molecule has 0 amide bonds. The van der Waals surface area contributed by atoms with Crippen LogP contribution in [0.2, 0.25) is 0 Å². The van der Waals surface area contributed by atoms with Crippen LogP contribution >= 0.6 is 0 Å². The monoisotopic (exact) mass is 223 g/mol. The molecule has 1 aliphatic rings. The zero-order valence-electron chi connectivity index (χ0n) is 9.63. The third-order valence-corrected chi connectivity index (χ3v) is 3.12. The molecule has 88 valence electrons. The van der Waals surface area contributed by atoms with Gasteiger partial charge in [0.1, 0.15) is 11.6 Å². The lowest BCUT2D eigenvalue weighted by Gasteiger charge is -2.12. The molecule has 1 aliphatic carbocycles. The van der Waals surface area contributed by atoms with Gasteiger partial charge >= 0.3 is 0 Å².